The normalized spacial score (nSPS) is 14.3. The number of nitrogens with one attached hydrogen (secondary N) is 1. The Kier molecular flexibility index (Phi) is 3.13. The van der Waals surface area contributed by atoms with Crippen molar-refractivity contribution in [3.05, 3.63) is 36.0 Å². The Hall–Kier alpha value is -2.24. The summed E-state index contributed by atoms with van der Waals surface area (Å²) >= 11 is 0. The van der Waals surface area contributed by atoms with Gasteiger partial charge < -0.3 is 19.9 Å². The molecular formula is C11H10FNO4. The molecule has 1 aliphatic rings. The van der Waals surface area contributed by atoms with E-state index in [2.05, 4.69) is 5.32 Å². The standard InChI is InChI=1S/C11H10FNO4/c12-8-5-7(14)1-2-9(8)13-11(15)10-6-16-3-4-17-10/h1-2,5-6,14H,3-4H2,(H,13,15). The van der Waals surface area contributed by atoms with Crippen molar-refractivity contribution in [1.29, 1.82) is 0 Å². The summed E-state index contributed by atoms with van der Waals surface area (Å²) in [5.41, 5.74) is -0.0390. The predicted molar refractivity (Wildman–Crippen MR) is 56.7 cm³/mol. The minimum atomic E-state index is -0.726. The third kappa shape index (κ3) is 2.66. The minimum Gasteiger partial charge on any atom is -0.508 e. The van der Waals surface area contributed by atoms with E-state index in [0.29, 0.717) is 6.61 Å². The number of ether oxygens (including phenoxy) is 2. The van der Waals surface area contributed by atoms with Crippen LogP contribution in [0.25, 0.3) is 0 Å². The molecular weight excluding hydrogens is 229 g/mol. The monoisotopic (exact) mass is 239 g/mol. The number of hydrogen-bond acceptors (Lipinski definition) is 4. The van der Waals surface area contributed by atoms with Gasteiger partial charge in [0.05, 0.1) is 5.69 Å². The fraction of sp³-hybridized carbons (Fsp3) is 0.182. The first-order valence-corrected chi connectivity index (χ1v) is 4.91. The molecule has 6 heteroatoms. The summed E-state index contributed by atoms with van der Waals surface area (Å²) in [6.07, 6.45) is 1.18. The average molecular weight is 239 g/mol. The fourth-order valence-electron chi connectivity index (χ4n) is 1.28. The van der Waals surface area contributed by atoms with E-state index in [0.717, 1.165) is 6.07 Å². The van der Waals surface area contributed by atoms with Gasteiger partial charge in [-0.05, 0) is 12.1 Å². The lowest BCUT2D eigenvalue weighted by atomic mass is 10.3. The molecule has 0 bridgehead atoms. The maximum atomic E-state index is 13.3. The topological polar surface area (TPSA) is 67.8 Å². The third-order valence-electron chi connectivity index (χ3n) is 2.07. The molecule has 0 radical (unpaired) electrons. The molecule has 0 saturated carbocycles. The van der Waals surface area contributed by atoms with Crippen LogP contribution in [0.15, 0.2) is 30.2 Å². The first kappa shape index (κ1) is 11.3. The number of anilines is 1. The van der Waals surface area contributed by atoms with E-state index in [-0.39, 0.29) is 23.8 Å². The molecule has 1 aliphatic heterocycles. The zero-order valence-corrected chi connectivity index (χ0v) is 8.77. The van der Waals surface area contributed by atoms with Crippen molar-refractivity contribution < 1.29 is 23.8 Å². The molecule has 1 aromatic carbocycles. The number of phenolic OH excluding ortho intramolecular Hbond substituents is 1. The van der Waals surface area contributed by atoms with Crippen LogP contribution >= 0.6 is 0 Å². The van der Waals surface area contributed by atoms with Crippen LogP contribution in [-0.4, -0.2) is 24.2 Å². The number of carbonyl (C=O) groups excluding carboxylic acids is 1. The maximum Gasteiger partial charge on any atom is 0.294 e. The van der Waals surface area contributed by atoms with E-state index in [1.54, 1.807) is 0 Å². The molecule has 1 heterocycles. The molecule has 2 rings (SSSR count). The van der Waals surface area contributed by atoms with Crippen molar-refractivity contribution in [3.8, 4) is 5.75 Å². The van der Waals surface area contributed by atoms with Crippen molar-refractivity contribution in [2.75, 3.05) is 18.5 Å². The number of hydrogen-bond donors (Lipinski definition) is 2. The van der Waals surface area contributed by atoms with Crippen LogP contribution in [0.5, 0.6) is 5.75 Å². The van der Waals surface area contributed by atoms with Gasteiger partial charge in [-0.2, -0.15) is 0 Å². The number of halogens is 1. The molecule has 90 valence electrons. The van der Waals surface area contributed by atoms with Crippen LogP contribution in [0.3, 0.4) is 0 Å². The second-order valence-electron chi connectivity index (χ2n) is 3.32. The van der Waals surface area contributed by atoms with Gasteiger partial charge in [-0.1, -0.05) is 0 Å². The molecule has 0 unspecified atom stereocenters. The van der Waals surface area contributed by atoms with Crippen LogP contribution in [-0.2, 0) is 14.3 Å². The van der Waals surface area contributed by atoms with Gasteiger partial charge in [0.2, 0.25) is 5.76 Å². The first-order valence-electron chi connectivity index (χ1n) is 4.91. The van der Waals surface area contributed by atoms with Crippen molar-refractivity contribution in [2.45, 2.75) is 0 Å². The molecule has 0 spiro atoms. The van der Waals surface area contributed by atoms with E-state index in [9.17, 15) is 9.18 Å². The Balaban J connectivity index is 2.10. The number of carbonyl (C=O) groups is 1. The summed E-state index contributed by atoms with van der Waals surface area (Å²) in [7, 11) is 0. The Morgan fingerprint density at radius 3 is 2.88 bits per heavy atom. The predicted octanol–water partition coefficient (Wildman–Crippen LogP) is 1.36. The molecule has 1 aromatic rings. The van der Waals surface area contributed by atoms with Crippen LogP contribution in [0.1, 0.15) is 0 Å². The second kappa shape index (κ2) is 4.73. The zero-order valence-electron chi connectivity index (χ0n) is 8.77. The molecule has 0 saturated heterocycles. The van der Waals surface area contributed by atoms with Gasteiger partial charge >= 0.3 is 0 Å². The van der Waals surface area contributed by atoms with E-state index in [1.807, 2.05) is 0 Å². The van der Waals surface area contributed by atoms with Crippen LogP contribution in [0.2, 0.25) is 0 Å². The van der Waals surface area contributed by atoms with E-state index >= 15 is 0 Å². The highest BCUT2D eigenvalue weighted by Gasteiger charge is 2.16. The second-order valence-corrected chi connectivity index (χ2v) is 3.32. The summed E-state index contributed by atoms with van der Waals surface area (Å²) in [6.45, 7) is 0.654. The van der Waals surface area contributed by atoms with Gasteiger partial charge in [-0.15, -0.1) is 0 Å². The quantitative estimate of drug-likeness (QED) is 0.764. The molecule has 17 heavy (non-hydrogen) atoms. The van der Waals surface area contributed by atoms with Gasteiger partial charge in [-0.3, -0.25) is 4.79 Å². The summed E-state index contributed by atoms with van der Waals surface area (Å²) in [5.74, 6) is -1.55. The molecule has 0 aliphatic carbocycles. The number of benzene rings is 1. The number of amides is 1. The lowest BCUT2D eigenvalue weighted by molar-refractivity contribution is -0.117. The Bertz CT molecular complexity index is 473. The lowest BCUT2D eigenvalue weighted by Crippen LogP contribution is -2.21. The smallest absolute Gasteiger partial charge is 0.294 e. The van der Waals surface area contributed by atoms with Crippen LogP contribution in [0.4, 0.5) is 10.1 Å². The van der Waals surface area contributed by atoms with Gasteiger partial charge in [0, 0.05) is 6.07 Å². The molecule has 0 fully saturated rings. The SMILES string of the molecule is O=C(Nc1ccc(O)cc1F)C1=COCCO1. The van der Waals surface area contributed by atoms with Crippen molar-refractivity contribution in [1.82, 2.24) is 0 Å². The number of aromatic hydroxyl groups is 1. The Morgan fingerprint density at radius 1 is 1.41 bits per heavy atom. The molecule has 2 N–H and O–H groups in total. The summed E-state index contributed by atoms with van der Waals surface area (Å²) in [4.78, 5) is 11.6. The summed E-state index contributed by atoms with van der Waals surface area (Å²) in [5, 5.41) is 11.3. The third-order valence-corrected chi connectivity index (χ3v) is 2.07. The van der Waals surface area contributed by atoms with E-state index in [4.69, 9.17) is 14.6 Å². The highest BCUT2D eigenvalue weighted by atomic mass is 19.1. The van der Waals surface area contributed by atoms with Gasteiger partial charge in [0.15, 0.2) is 0 Å². The Labute approximate surface area is 96.5 Å². The largest absolute Gasteiger partial charge is 0.508 e. The zero-order chi connectivity index (χ0) is 12.3. The average Bonchev–Trinajstić information content (AvgIpc) is 2.34. The Morgan fingerprint density at radius 2 is 2.24 bits per heavy atom. The maximum absolute atomic E-state index is 13.3. The van der Waals surface area contributed by atoms with Gasteiger partial charge in [-0.25, -0.2) is 4.39 Å². The van der Waals surface area contributed by atoms with Gasteiger partial charge in [0.25, 0.3) is 5.91 Å². The van der Waals surface area contributed by atoms with Crippen molar-refractivity contribution in [2.24, 2.45) is 0 Å². The number of phenols is 1. The molecule has 0 atom stereocenters. The highest BCUT2D eigenvalue weighted by Crippen LogP contribution is 2.20. The van der Waals surface area contributed by atoms with Crippen LogP contribution < -0.4 is 5.32 Å². The highest BCUT2D eigenvalue weighted by molar-refractivity contribution is 6.02. The van der Waals surface area contributed by atoms with E-state index < -0.39 is 11.7 Å². The van der Waals surface area contributed by atoms with Gasteiger partial charge in [0.1, 0.15) is 31.0 Å². The molecule has 0 aromatic heterocycles. The van der Waals surface area contributed by atoms with Crippen molar-refractivity contribution in [3.63, 3.8) is 0 Å². The molecule has 1 amide bonds. The minimum absolute atomic E-state index is 0.0104. The summed E-state index contributed by atoms with van der Waals surface area (Å²) < 4.78 is 23.2. The molecule has 5 nitrogen and oxygen atoms in total. The van der Waals surface area contributed by atoms with Crippen molar-refractivity contribution >= 4 is 11.6 Å². The lowest BCUT2D eigenvalue weighted by Gasteiger charge is -2.15. The van der Waals surface area contributed by atoms with E-state index in [1.165, 1.54) is 18.4 Å². The number of rotatable bonds is 2. The van der Waals surface area contributed by atoms with Crippen LogP contribution in [0, 0.1) is 5.82 Å². The summed E-state index contributed by atoms with van der Waals surface area (Å²) in [6, 6.07) is 3.43. The fourth-order valence-corrected chi connectivity index (χ4v) is 1.28. The first-order chi connectivity index (χ1) is 8.16.